The summed E-state index contributed by atoms with van der Waals surface area (Å²) in [5.74, 6) is -1.03. The van der Waals surface area contributed by atoms with E-state index >= 15 is 0 Å². The molecule has 2 amide bonds. The SMILES string of the molecule is CNC(=O)c1cc(C(=O)NC2CC2)cc(C(c2ccccc2)C(C)O)n1. The number of aliphatic hydroxyl groups excluding tert-OH is 1. The highest BCUT2D eigenvalue weighted by atomic mass is 16.3. The fraction of sp³-hybridized carbons (Fsp3) is 0.350. The maximum absolute atomic E-state index is 12.5. The number of aromatic nitrogens is 1. The topological polar surface area (TPSA) is 91.3 Å². The molecule has 2 aromatic rings. The fourth-order valence-corrected chi connectivity index (χ4v) is 2.94. The van der Waals surface area contributed by atoms with E-state index in [1.165, 1.54) is 13.1 Å². The van der Waals surface area contributed by atoms with Crippen molar-refractivity contribution < 1.29 is 14.7 Å². The predicted octanol–water partition coefficient (Wildman–Crippen LogP) is 1.85. The molecule has 26 heavy (non-hydrogen) atoms. The van der Waals surface area contributed by atoms with Crippen LogP contribution in [0, 0.1) is 0 Å². The van der Waals surface area contributed by atoms with E-state index in [1.807, 2.05) is 30.3 Å². The number of amides is 2. The van der Waals surface area contributed by atoms with E-state index in [4.69, 9.17) is 0 Å². The van der Waals surface area contributed by atoms with Crippen molar-refractivity contribution in [3.63, 3.8) is 0 Å². The third-order valence-electron chi connectivity index (χ3n) is 4.44. The molecule has 0 radical (unpaired) electrons. The average Bonchev–Trinajstić information content (AvgIpc) is 3.45. The van der Waals surface area contributed by atoms with Gasteiger partial charge in [0.15, 0.2) is 0 Å². The van der Waals surface area contributed by atoms with Crippen molar-refractivity contribution in [2.24, 2.45) is 0 Å². The minimum atomic E-state index is -0.732. The van der Waals surface area contributed by atoms with E-state index in [-0.39, 0.29) is 23.6 Å². The van der Waals surface area contributed by atoms with Gasteiger partial charge in [0, 0.05) is 18.7 Å². The van der Waals surface area contributed by atoms with Crippen LogP contribution in [0.4, 0.5) is 0 Å². The van der Waals surface area contributed by atoms with Crippen LogP contribution in [0.25, 0.3) is 0 Å². The maximum Gasteiger partial charge on any atom is 0.269 e. The Labute approximate surface area is 152 Å². The molecule has 0 spiro atoms. The molecule has 6 heteroatoms. The van der Waals surface area contributed by atoms with Crippen LogP contribution in [0.1, 0.15) is 57.8 Å². The van der Waals surface area contributed by atoms with Gasteiger partial charge in [0.05, 0.1) is 17.7 Å². The summed E-state index contributed by atoms with van der Waals surface area (Å²) in [6.45, 7) is 1.68. The Bertz CT molecular complexity index is 801. The second-order valence-electron chi connectivity index (χ2n) is 6.62. The number of carbonyl (C=O) groups is 2. The number of hydrogen-bond donors (Lipinski definition) is 3. The highest BCUT2D eigenvalue weighted by Crippen LogP contribution is 2.28. The Morgan fingerprint density at radius 2 is 1.85 bits per heavy atom. The Morgan fingerprint density at radius 1 is 1.15 bits per heavy atom. The standard InChI is InChI=1S/C20H23N3O3/c1-12(24)18(13-6-4-3-5-7-13)16-10-14(19(25)22-15-8-9-15)11-17(23-16)20(26)21-2/h3-7,10-12,15,18,24H,8-9H2,1-2H3,(H,21,26)(H,22,25). The first-order chi connectivity index (χ1) is 12.5. The second-order valence-corrected chi connectivity index (χ2v) is 6.62. The molecule has 2 unspecified atom stereocenters. The summed E-state index contributed by atoms with van der Waals surface area (Å²) in [4.78, 5) is 29.1. The van der Waals surface area contributed by atoms with Gasteiger partial charge in [-0.25, -0.2) is 4.98 Å². The summed E-state index contributed by atoms with van der Waals surface area (Å²) >= 11 is 0. The van der Waals surface area contributed by atoms with Crippen molar-refractivity contribution >= 4 is 11.8 Å². The lowest BCUT2D eigenvalue weighted by Crippen LogP contribution is -2.28. The molecule has 1 aliphatic carbocycles. The van der Waals surface area contributed by atoms with Crippen LogP contribution in [-0.4, -0.2) is 41.1 Å². The third kappa shape index (κ3) is 4.08. The number of aliphatic hydroxyl groups is 1. The molecule has 0 bridgehead atoms. The van der Waals surface area contributed by atoms with Crippen LogP contribution >= 0.6 is 0 Å². The number of hydrogen-bond acceptors (Lipinski definition) is 4. The molecule has 3 rings (SSSR count). The summed E-state index contributed by atoms with van der Waals surface area (Å²) in [7, 11) is 1.52. The Hall–Kier alpha value is -2.73. The van der Waals surface area contributed by atoms with Gasteiger partial charge in [-0.05, 0) is 37.5 Å². The van der Waals surface area contributed by atoms with E-state index in [0.717, 1.165) is 18.4 Å². The number of benzene rings is 1. The summed E-state index contributed by atoms with van der Waals surface area (Å²) < 4.78 is 0. The van der Waals surface area contributed by atoms with Gasteiger partial charge in [-0.15, -0.1) is 0 Å². The molecule has 2 atom stereocenters. The minimum absolute atomic E-state index is 0.160. The van der Waals surface area contributed by atoms with E-state index in [1.54, 1.807) is 13.0 Å². The lowest BCUT2D eigenvalue weighted by atomic mass is 9.89. The van der Waals surface area contributed by atoms with Gasteiger partial charge in [0.1, 0.15) is 5.69 Å². The van der Waals surface area contributed by atoms with Crippen molar-refractivity contribution in [1.82, 2.24) is 15.6 Å². The van der Waals surface area contributed by atoms with Gasteiger partial charge in [-0.2, -0.15) is 0 Å². The maximum atomic E-state index is 12.5. The molecule has 1 saturated carbocycles. The van der Waals surface area contributed by atoms with Crippen LogP contribution in [0.3, 0.4) is 0 Å². The lowest BCUT2D eigenvalue weighted by Gasteiger charge is -2.21. The predicted molar refractivity (Wildman–Crippen MR) is 98.1 cm³/mol. The van der Waals surface area contributed by atoms with Crippen LogP contribution in [-0.2, 0) is 0 Å². The summed E-state index contributed by atoms with van der Waals surface area (Å²) in [5.41, 5.74) is 1.90. The molecule has 136 valence electrons. The Kier molecular flexibility index (Phi) is 5.32. The monoisotopic (exact) mass is 353 g/mol. The van der Waals surface area contributed by atoms with Gasteiger partial charge in [0.25, 0.3) is 11.8 Å². The average molecular weight is 353 g/mol. The Morgan fingerprint density at radius 3 is 2.42 bits per heavy atom. The highest BCUT2D eigenvalue weighted by Gasteiger charge is 2.27. The van der Waals surface area contributed by atoms with E-state index in [9.17, 15) is 14.7 Å². The molecule has 1 aromatic carbocycles. The van der Waals surface area contributed by atoms with Gasteiger partial charge < -0.3 is 15.7 Å². The van der Waals surface area contributed by atoms with Crippen molar-refractivity contribution in [2.75, 3.05) is 7.05 Å². The molecule has 0 aliphatic heterocycles. The van der Waals surface area contributed by atoms with Crippen molar-refractivity contribution in [3.05, 3.63) is 65.0 Å². The first-order valence-corrected chi connectivity index (χ1v) is 8.77. The number of rotatable bonds is 6. The van der Waals surface area contributed by atoms with Crippen molar-refractivity contribution in [1.29, 1.82) is 0 Å². The highest BCUT2D eigenvalue weighted by molar-refractivity contribution is 5.98. The molecular formula is C20H23N3O3. The first kappa shape index (κ1) is 18.1. The van der Waals surface area contributed by atoms with E-state index < -0.39 is 12.0 Å². The molecule has 1 fully saturated rings. The lowest BCUT2D eigenvalue weighted by molar-refractivity contribution is 0.0950. The zero-order chi connectivity index (χ0) is 18.7. The number of pyridine rings is 1. The quantitative estimate of drug-likeness (QED) is 0.739. The molecule has 1 aromatic heterocycles. The second kappa shape index (κ2) is 7.66. The van der Waals surface area contributed by atoms with Crippen LogP contribution in [0.15, 0.2) is 42.5 Å². The van der Waals surface area contributed by atoms with Gasteiger partial charge in [0.2, 0.25) is 0 Å². The molecule has 3 N–H and O–H groups in total. The molecule has 1 aliphatic rings. The van der Waals surface area contributed by atoms with Gasteiger partial charge in [-0.3, -0.25) is 9.59 Å². The van der Waals surface area contributed by atoms with Crippen molar-refractivity contribution in [2.45, 2.75) is 37.8 Å². The van der Waals surface area contributed by atoms with E-state index in [2.05, 4.69) is 15.6 Å². The molecule has 6 nitrogen and oxygen atoms in total. The molecular weight excluding hydrogens is 330 g/mol. The first-order valence-electron chi connectivity index (χ1n) is 8.77. The number of nitrogens with one attached hydrogen (secondary N) is 2. The van der Waals surface area contributed by atoms with Crippen molar-refractivity contribution in [3.8, 4) is 0 Å². The molecule has 1 heterocycles. The zero-order valence-electron chi connectivity index (χ0n) is 14.9. The number of carbonyl (C=O) groups excluding carboxylic acids is 2. The Balaban J connectivity index is 2.05. The van der Waals surface area contributed by atoms with Gasteiger partial charge in [-0.1, -0.05) is 30.3 Å². The summed E-state index contributed by atoms with van der Waals surface area (Å²) in [6, 6.07) is 12.8. The fourth-order valence-electron chi connectivity index (χ4n) is 2.94. The molecule has 0 saturated heterocycles. The minimum Gasteiger partial charge on any atom is -0.392 e. The largest absolute Gasteiger partial charge is 0.392 e. The van der Waals surface area contributed by atoms with Crippen LogP contribution in [0.5, 0.6) is 0 Å². The number of nitrogens with zero attached hydrogens (tertiary/aromatic N) is 1. The third-order valence-corrected chi connectivity index (χ3v) is 4.44. The summed E-state index contributed by atoms with van der Waals surface area (Å²) in [6.07, 6.45) is 1.22. The smallest absolute Gasteiger partial charge is 0.269 e. The van der Waals surface area contributed by atoms with E-state index in [0.29, 0.717) is 11.3 Å². The van der Waals surface area contributed by atoms with Crippen LogP contribution < -0.4 is 10.6 Å². The zero-order valence-corrected chi connectivity index (χ0v) is 14.9. The summed E-state index contributed by atoms with van der Waals surface area (Å²) in [5, 5.41) is 15.8. The van der Waals surface area contributed by atoms with Gasteiger partial charge >= 0.3 is 0 Å². The van der Waals surface area contributed by atoms with Crippen LogP contribution in [0.2, 0.25) is 0 Å². The normalized spacial score (nSPS) is 15.8.